The number of carbonyl (C=O) groups is 1. The van der Waals surface area contributed by atoms with Gasteiger partial charge in [-0.25, -0.2) is 0 Å². The van der Waals surface area contributed by atoms with Gasteiger partial charge >= 0.3 is 0 Å². The lowest BCUT2D eigenvalue weighted by Crippen LogP contribution is -2.38. The molecule has 134 valence electrons. The summed E-state index contributed by atoms with van der Waals surface area (Å²) in [7, 11) is 0. The Morgan fingerprint density at radius 1 is 0.960 bits per heavy atom. The predicted octanol–water partition coefficient (Wildman–Crippen LogP) is 5.07. The second-order valence-corrected chi connectivity index (χ2v) is 7.04. The minimum Gasteiger partial charge on any atom is -0.481 e. The summed E-state index contributed by atoms with van der Waals surface area (Å²) in [5.41, 5.74) is 4.55. The molecule has 0 aliphatic heterocycles. The molecule has 1 N–H and O–H groups in total. The molecule has 0 heterocycles. The van der Waals surface area contributed by atoms with Gasteiger partial charge in [-0.15, -0.1) is 0 Å². The highest BCUT2D eigenvalue weighted by atomic mass is 16.5. The maximum absolute atomic E-state index is 12.6. The van der Waals surface area contributed by atoms with Crippen molar-refractivity contribution in [3.63, 3.8) is 0 Å². The molecule has 3 heteroatoms. The van der Waals surface area contributed by atoms with Crippen molar-refractivity contribution in [3.05, 3.63) is 64.7 Å². The molecule has 0 unspecified atom stereocenters. The quantitative estimate of drug-likeness (QED) is 0.798. The van der Waals surface area contributed by atoms with Crippen molar-refractivity contribution < 1.29 is 9.53 Å². The highest BCUT2D eigenvalue weighted by molar-refractivity contribution is 5.81. The number of aryl methyl sites for hydroxylation is 2. The van der Waals surface area contributed by atoms with E-state index < -0.39 is 6.10 Å². The first-order valence-corrected chi connectivity index (χ1v) is 8.92. The van der Waals surface area contributed by atoms with Gasteiger partial charge in [0.25, 0.3) is 5.91 Å². The molecular formula is C22H29NO2. The number of hydrogen-bond donors (Lipinski definition) is 1. The van der Waals surface area contributed by atoms with Crippen molar-refractivity contribution in [2.24, 2.45) is 0 Å². The van der Waals surface area contributed by atoms with Gasteiger partial charge in [0.15, 0.2) is 6.10 Å². The number of hydrogen-bond acceptors (Lipinski definition) is 2. The molecule has 0 saturated heterocycles. The normalized spacial score (nSPS) is 13.4. The molecule has 3 nitrogen and oxygen atoms in total. The minimum atomic E-state index is -0.550. The Kier molecular flexibility index (Phi) is 6.24. The Hall–Kier alpha value is -2.29. The van der Waals surface area contributed by atoms with Gasteiger partial charge < -0.3 is 10.1 Å². The Balaban J connectivity index is 2.08. The highest BCUT2D eigenvalue weighted by Crippen LogP contribution is 2.28. The summed E-state index contributed by atoms with van der Waals surface area (Å²) in [6.07, 6.45) is -0.550. The molecule has 1 amide bonds. The van der Waals surface area contributed by atoms with E-state index in [0.717, 1.165) is 22.4 Å². The van der Waals surface area contributed by atoms with Gasteiger partial charge in [0.2, 0.25) is 0 Å². The monoisotopic (exact) mass is 339 g/mol. The van der Waals surface area contributed by atoms with Crippen LogP contribution in [0.4, 0.5) is 0 Å². The number of benzene rings is 2. The van der Waals surface area contributed by atoms with Gasteiger partial charge in [-0.2, -0.15) is 0 Å². The van der Waals surface area contributed by atoms with E-state index in [1.165, 1.54) is 5.56 Å². The minimum absolute atomic E-state index is 0.0539. The first kappa shape index (κ1) is 19.0. The van der Waals surface area contributed by atoms with Gasteiger partial charge in [-0.3, -0.25) is 4.79 Å². The van der Waals surface area contributed by atoms with E-state index in [2.05, 4.69) is 44.3 Å². The Bertz CT molecular complexity index is 737. The number of nitrogens with one attached hydrogen (secondary N) is 1. The molecule has 0 bridgehead atoms. The van der Waals surface area contributed by atoms with Gasteiger partial charge in [0, 0.05) is 0 Å². The molecule has 0 aromatic heterocycles. The molecule has 0 radical (unpaired) electrons. The lowest BCUT2D eigenvalue weighted by atomic mass is 10.0. The zero-order valence-electron chi connectivity index (χ0n) is 16.1. The molecule has 0 spiro atoms. The summed E-state index contributed by atoms with van der Waals surface area (Å²) in [4.78, 5) is 12.6. The maximum atomic E-state index is 12.6. The van der Waals surface area contributed by atoms with E-state index in [0.29, 0.717) is 5.92 Å². The highest BCUT2D eigenvalue weighted by Gasteiger charge is 2.20. The molecule has 0 aliphatic carbocycles. The maximum Gasteiger partial charge on any atom is 0.261 e. The second-order valence-electron chi connectivity index (χ2n) is 7.04. The first-order chi connectivity index (χ1) is 11.8. The van der Waals surface area contributed by atoms with Gasteiger partial charge in [0.05, 0.1) is 6.04 Å². The van der Waals surface area contributed by atoms with Crippen molar-refractivity contribution in [1.82, 2.24) is 5.32 Å². The van der Waals surface area contributed by atoms with Crippen LogP contribution < -0.4 is 10.1 Å². The Morgan fingerprint density at radius 3 is 2.28 bits per heavy atom. The van der Waals surface area contributed by atoms with Gasteiger partial charge in [-0.05, 0) is 61.9 Å². The van der Waals surface area contributed by atoms with E-state index >= 15 is 0 Å². The van der Waals surface area contributed by atoms with E-state index in [-0.39, 0.29) is 11.9 Å². The number of ether oxygens (including phenoxy) is 1. The van der Waals surface area contributed by atoms with Crippen LogP contribution in [0.5, 0.6) is 5.75 Å². The lowest BCUT2D eigenvalue weighted by Gasteiger charge is -2.22. The van der Waals surface area contributed by atoms with Crippen molar-refractivity contribution in [3.8, 4) is 5.75 Å². The predicted molar refractivity (Wildman–Crippen MR) is 103 cm³/mol. The van der Waals surface area contributed by atoms with E-state index in [1.807, 2.05) is 38.1 Å². The third-order valence-corrected chi connectivity index (χ3v) is 4.48. The molecule has 0 saturated carbocycles. The molecule has 25 heavy (non-hydrogen) atoms. The Morgan fingerprint density at radius 2 is 1.64 bits per heavy atom. The summed E-state index contributed by atoms with van der Waals surface area (Å²) >= 11 is 0. The SMILES string of the molecule is Cc1ccc(C(C)C)c(O[C@@H](C)C(=O)N[C@H](C)c2ccccc2C)c1. The van der Waals surface area contributed by atoms with Crippen LogP contribution in [0, 0.1) is 13.8 Å². The molecular weight excluding hydrogens is 310 g/mol. The summed E-state index contributed by atoms with van der Waals surface area (Å²) < 4.78 is 6.00. The topological polar surface area (TPSA) is 38.3 Å². The zero-order chi connectivity index (χ0) is 18.6. The molecule has 2 aromatic rings. The van der Waals surface area contributed by atoms with Gasteiger partial charge in [-0.1, -0.05) is 50.2 Å². The van der Waals surface area contributed by atoms with Crippen LogP contribution in [0.15, 0.2) is 42.5 Å². The standard InChI is InChI=1S/C22H29NO2/c1-14(2)19-12-11-15(3)13-21(19)25-18(6)22(24)23-17(5)20-10-8-7-9-16(20)4/h7-14,17-18H,1-6H3,(H,23,24)/t17-,18+/m1/s1. The van der Waals surface area contributed by atoms with Gasteiger partial charge in [0.1, 0.15) is 5.75 Å². The number of amides is 1. The van der Waals surface area contributed by atoms with Crippen molar-refractivity contribution >= 4 is 5.91 Å². The van der Waals surface area contributed by atoms with Crippen LogP contribution >= 0.6 is 0 Å². The number of carbonyl (C=O) groups excluding carboxylic acids is 1. The van der Waals surface area contributed by atoms with Crippen molar-refractivity contribution in [1.29, 1.82) is 0 Å². The number of rotatable bonds is 6. The fourth-order valence-electron chi connectivity index (χ4n) is 2.95. The third-order valence-electron chi connectivity index (χ3n) is 4.48. The van der Waals surface area contributed by atoms with Crippen molar-refractivity contribution in [2.45, 2.75) is 59.6 Å². The summed E-state index contributed by atoms with van der Waals surface area (Å²) in [5.74, 6) is 1.03. The summed E-state index contributed by atoms with van der Waals surface area (Å²) in [6, 6.07) is 14.2. The van der Waals surface area contributed by atoms with Crippen LogP contribution in [-0.2, 0) is 4.79 Å². The average molecular weight is 339 g/mol. The van der Waals surface area contributed by atoms with E-state index in [9.17, 15) is 4.79 Å². The molecule has 2 atom stereocenters. The zero-order valence-corrected chi connectivity index (χ0v) is 16.1. The van der Waals surface area contributed by atoms with Crippen LogP contribution in [-0.4, -0.2) is 12.0 Å². The average Bonchev–Trinajstić information content (AvgIpc) is 2.54. The molecule has 2 aromatic carbocycles. The first-order valence-electron chi connectivity index (χ1n) is 8.92. The molecule has 0 fully saturated rings. The molecule has 2 rings (SSSR count). The fraction of sp³-hybridized carbons (Fsp3) is 0.409. The smallest absolute Gasteiger partial charge is 0.261 e. The van der Waals surface area contributed by atoms with Crippen LogP contribution in [0.2, 0.25) is 0 Å². The largest absolute Gasteiger partial charge is 0.481 e. The van der Waals surface area contributed by atoms with E-state index in [1.54, 1.807) is 6.92 Å². The lowest BCUT2D eigenvalue weighted by molar-refractivity contribution is -0.127. The molecule has 0 aliphatic rings. The van der Waals surface area contributed by atoms with E-state index in [4.69, 9.17) is 4.74 Å². The summed E-state index contributed by atoms with van der Waals surface area (Å²) in [6.45, 7) is 12.1. The van der Waals surface area contributed by atoms with Crippen molar-refractivity contribution in [2.75, 3.05) is 0 Å². The van der Waals surface area contributed by atoms with Crippen LogP contribution in [0.1, 0.15) is 61.9 Å². The summed E-state index contributed by atoms with van der Waals surface area (Å²) in [5, 5.41) is 3.06. The second kappa shape index (κ2) is 8.19. The Labute approximate surface area is 151 Å². The third kappa shape index (κ3) is 4.85. The fourth-order valence-corrected chi connectivity index (χ4v) is 2.95. The van der Waals surface area contributed by atoms with Crippen LogP contribution in [0.3, 0.4) is 0 Å². The van der Waals surface area contributed by atoms with Crippen LogP contribution in [0.25, 0.3) is 0 Å².